The highest BCUT2D eigenvalue weighted by atomic mass is 32.2. The lowest BCUT2D eigenvalue weighted by Crippen LogP contribution is -2.51. The van der Waals surface area contributed by atoms with Gasteiger partial charge in [0.05, 0.1) is 14.7 Å². The van der Waals surface area contributed by atoms with E-state index in [-0.39, 0.29) is 23.0 Å². The van der Waals surface area contributed by atoms with Crippen molar-refractivity contribution in [3.63, 3.8) is 0 Å². The number of aryl methyl sites for hydroxylation is 1. The summed E-state index contributed by atoms with van der Waals surface area (Å²) in [5.74, 6) is -0.864. The van der Waals surface area contributed by atoms with Crippen LogP contribution in [0.3, 0.4) is 0 Å². The van der Waals surface area contributed by atoms with Crippen LogP contribution in [0, 0.1) is 17.0 Å². The van der Waals surface area contributed by atoms with Crippen molar-refractivity contribution in [2.75, 3.05) is 37.6 Å². The summed E-state index contributed by atoms with van der Waals surface area (Å²) < 4.78 is 0. The van der Waals surface area contributed by atoms with Gasteiger partial charge in [0.2, 0.25) is 5.91 Å². The highest BCUT2D eigenvalue weighted by Gasteiger charge is 2.37. The minimum atomic E-state index is -0.577. The molecule has 0 radical (unpaired) electrons. The van der Waals surface area contributed by atoms with Gasteiger partial charge in [-0.2, -0.15) is 0 Å². The quantitative estimate of drug-likeness (QED) is 0.209. The Bertz CT molecular complexity index is 1490. The van der Waals surface area contributed by atoms with Gasteiger partial charge in [-0.05, 0) is 60.7 Å². The molecule has 0 saturated carbocycles. The first kappa shape index (κ1) is 27.5. The zero-order valence-corrected chi connectivity index (χ0v) is 23.3. The molecule has 11 heteroatoms. The molecule has 3 aromatic carbocycles. The molecule has 2 aliphatic heterocycles. The number of carbonyl (C=O) groups is 3. The van der Waals surface area contributed by atoms with Gasteiger partial charge in [0.25, 0.3) is 16.8 Å². The van der Waals surface area contributed by atoms with Crippen molar-refractivity contribution in [2.24, 2.45) is 0 Å². The molecule has 204 valence electrons. The van der Waals surface area contributed by atoms with Gasteiger partial charge in [0.15, 0.2) is 0 Å². The Morgan fingerprint density at radius 3 is 2.38 bits per heavy atom. The van der Waals surface area contributed by atoms with Crippen molar-refractivity contribution in [1.82, 2.24) is 9.80 Å². The number of hydrogen-bond acceptors (Lipinski definition) is 8. The maximum absolute atomic E-state index is 13.0. The number of nitrogens with zero attached hydrogens (tertiary/aromatic N) is 4. The van der Waals surface area contributed by atoms with Crippen LogP contribution in [0.2, 0.25) is 0 Å². The van der Waals surface area contributed by atoms with Gasteiger partial charge < -0.3 is 9.80 Å². The van der Waals surface area contributed by atoms with Crippen LogP contribution in [0.15, 0.2) is 87.5 Å². The van der Waals surface area contributed by atoms with E-state index in [0.717, 1.165) is 32.8 Å². The van der Waals surface area contributed by atoms with Crippen LogP contribution in [0.1, 0.15) is 11.1 Å². The molecule has 3 amide bonds. The standard InChI is InChI=1S/C29H26N4O5S2/c1-20-7-10-23(11-8-20)39-25-12-9-21(17-24(25)33(37)38)18-26-28(35)32(29(36)40-26)19-27(34)31-15-13-30(14-16-31)22-5-3-2-4-6-22/h2-12,17-18H,13-16,19H2,1H3/b26-18-. The summed E-state index contributed by atoms with van der Waals surface area (Å²) in [6, 6.07) is 22.3. The highest BCUT2D eigenvalue weighted by molar-refractivity contribution is 8.18. The zero-order chi connectivity index (χ0) is 28.2. The molecule has 5 rings (SSSR count). The number of nitro groups is 1. The van der Waals surface area contributed by atoms with Crippen LogP contribution >= 0.6 is 23.5 Å². The third-order valence-electron chi connectivity index (χ3n) is 6.65. The molecule has 2 heterocycles. The van der Waals surface area contributed by atoms with E-state index >= 15 is 0 Å². The normalized spacial score (nSPS) is 16.6. The molecule has 40 heavy (non-hydrogen) atoms. The van der Waals surface area contributed by atoms with E-state index in [1.165, 1.54) is 23.9 Å². The molecular formula is C29H26N4O5S2. The van der Waals surface area contributed by atoms with Gasteiger partial charge in [-0.15, -0.1) is 0 Å². The first-order chi connectivity index (χ1) is 19.3. The number of amides is 3. The minimum absolute atomic E-state index is 0.0941. The summed E-state index contributed by atoms with van der Waals surface area (Å²) in [7, 11) is 0. The fourth-order valence-corrected chi connectivity index (χ4v) is 6.20. The van der Waals surface area contributed by atoms with E-state index in [2.05, 4.69) is 4.90 Å². The average Bonchev–Trinajstić information content (AvgIpc) is 3.22. The van der Waals surface area contributed by atoms with Crippen molar-refractivity contribution in [1.29, 1.82) is 0 Å². The molecule has 0 bridgehead atoms. The van der Waals surface area contributed by atoms with Gasteiger partial charge >= 0.3 is 0 Å². The lowest BCUT2D eigenvalue weighted by atomic mass is 10.2. The summed E-state index contributed by atoms with van der Waals surface area (Å²) >= 11 is 2.01. The van der Waals surface area contributed by atoms with Gasteiger partial charge in [0.1, 0.15) is 6.54 Å². The Morgan fingerprint density at radius 2 is 1.70 bits per heavy atom. The number of imide groups is 1. The Labute approximate surface area is 240 Å². The fourth-order valence-electron chi connectivity index (χ4n) is 4.46. The van der Waals surface area contributed by atoms with Gasteiger partial charge in [0, 0.05) is 42.8 Å². The van der Waals surface area contributed by atoms with Crippen molar-refractivity contribution < 1.29 is 19.3 Å². The van der Waals surface area contributed by atoms with Crippen LogP contribution in [0.25, 0.3) is 6.08 Å². The van der Waals surface area contributed by atoms with Crippen LogP contribution in [-0.4, -0.2) is 64.5 Å². The van der Waals surface area contributed by atoms with Crippen LogP contribution in [0.4, 0.5) is 16.2 Å². The Hall–Kier alpha value is -4.09. The zero-order valence-electron chi connectivity index (χ0n) is 21.7. The van der Waals surface area contributed by atoms with E-state index in [9.17, 15) is 24.5 Å². The largest absolute Gasteiger partial charge is 0.368 e. The molecule has 0 unspecified atom stereocenters. The predicted molar refractivity (Wildman–Crippen MR) is 156 cm³/mol. The number of anilines is 1. The molecule has 0 aromatic heterocycles. The molecule has 0 N–H and O–H groups in total. The fraction of sp³-hybridized carbons (Fsp3) is 0.207. The molecular weight excluding hydrogens is 548 g/mol. The van der Waals surface area contributed by atoms with Crippen LogP contribution in [-0.2, 0) is 9.59 Å². The highest BCUT2D eigenvalue weighted by Crippen LogP contribution is 2.37. The first-order valence-electron chi connectivity index (χ1n) is 12.6. The smallest absolute Gasteiger partial charge is 0.294 e. The summed E-state index contributed by atoms with van der Waals surface area (Å²) in [6.45, 7) is 3.95. The second-order valence-electron chi connectivity index (χ2n) is 9.37. The Morgan fingerprint density at radius 1 is 1.00 bits per heavy atom. The second kappa shape index (κ2) is 12.0. The van der Waals surface area contributed by atoms with E-state index < -0.39 is 16.1 Å². The van der Waals surface area contributed by atoms with E-state index in [4.69, 9.17) is 0 Å². The van der Waals surface area contributed by atoms with E-state index in [0.29, 0.717) is 36.6 Å². The Balaban J connectivity index is 1.24. The molecule has 3 aromatic rings. The number of carbonyl (C=O) groups excluding carboxylic acids is 3. The third-order valence-corrected chi connectivity index (χ3v) is 8.63. The molecule has 0 aliphatic carbocycles. The lowest BCUT2D eigenvalue weighted by molar-refractivity contribution is -0.387. The Kier molecular flexibility index (Phi) is 8.22. The summed E-state index contributed by atoms with van der Waals surface area (Å²) in [5.41, 5.74) is 2.51. The SMILES string of the molecule is Cc1ccc(Sc2ccc(/C=C3\SC(=O)N(CC(=O)N4CCN(c5ccccc5)CC4)C3=O)cc2[N+](=O)[O-])cc1. The number of rotatable bonds is 7. The maximum atomic E-state index is 13.0. The first-order valence-corrected chi connectivity index (χ1v) is 14.3. The minimum Gasteiger partial charge on any atom is -0.368 e. The van der Waals surface area contributed by atoms with E-state index in [1.807, 2.05) is 61.5 Å². The molecule has 0 atom stereocenters. The molecule has 0 spiro atoms. The maximum Gasteiger partial charge on any atom is 0.294 e. The van der Waals surface area contributed by atoms with Gasteiger partial charge in [-0.25, -0.2) is 0 Å². The van der Waals surface area contributed by atoms with Crippen molar-refractivity contribution in [2.45, 2.75) is 16.7 Å². The third kappa shape index (κ3) is 6.21. The summed E-state index contributed by atoms with van der Waals surface area (Å²) in [5, 5.41) is 11.3. The number of nitro benzene ring substituents is 1. The van der Waals surface area contributed by atoms with Crippen molar-refractivity contribution in [3.8, 4) is 0 Å². The topological polar surface area (TPSA) is 104 Å². The molecule has 9 nitrogen and oxygen atoms in total. The van der Waals surface area contributed by atoms with Crippen LogP contribution < -0.4 is 4.90 Å². The van der Waals surface area contributed by atoms with Gasteiger partial charge in [-0.1, -0.05) is 53.7 Å². The number of hydrogen-bond donors (Lipinski definition) is 0. The summed E-state index contributed by atoms with van der Waals surface area (Å²) in [6.07, 6.45) is 1.46. The number of para-hydroxylation sites is 1. The van der Waals surface area contributed by atoms with Crippen molar-refractivity contribution >= 4 is 58.0 Å². The second-order valence-corrected chi connectivity index (χ2v) is 11.5. The van der Waals surface area contributed by atoms with Crippen molar-refractivity contribution in [3.05, 3.63) is 98.9 Å². The van der Waals surface area contributed by atoms with Gasteiger partial charge in [-0.3, -0.25) is 29.4 Å². The van der Waals surface area contributed by atoms with Crippen LogP contribution in [0.5, 0.6) is 0 Å². The summed E-state index contributed by atoms with van der Waals surface area (Å²) in [4.78, 5) is 56.2. The molecule has 2 aliphatic rings. The van der Waals surface area contributed by atoms with E-state index in [1.54, 1.807) is 17.0 Å². The number of piperazine rings is 1. The average molecular weight is 575 g/mol. The molecule has 2 fully saturated rings. The predicted octanol–water partition coefficient (Wildman–Crippen LogP) is 5.44. The number of thioether (sulfide) groups is 1. The monoisotopic (exact) mass is 574 g/mol. The number of benzene rings is 3. The lowest BCUT2D eigenvalue weighted by Gasteiger charge is -2.36. The molecule has 2 saturated heterocycles.